The van der Waals surface area contributed by atoms with Crippen LogP contribution in [0.4, 0.5) is 0 Å². The van der Waals surface area contributed by atoms with Gasteiger partial charge in [0.1, 0.15) is 0 Å². The minimum atomic E-state index is 0. The highest BCUT2D eigenvalue weighted by Gasteiger charge is 0.934. The molecule has 0 unspecified atom stereocenters. The normalized spacial score (nSPS) is 2.00. The minimum Gasteiger partial charge on any atom is -0.106 e. The van der Waals surface area contributed by atoms with E-state index in [0.717, 1.165) is 0 Å². The van der Waals surface area contributed by atoms with Gasteiger partial charge in [0.25, 0.3) is 0 Å². The zero-order valence-electron chi connectivity index (χ0n) is 5.41. The summed E-state index contributed by atoms with van der Waals surface area (Å²) in [6, 6.07) is 0. The third-order valence-electron chi connectivity index (χ3n) is 0. The molecule has 0 heterocycles. The molecule has 0 radical (unpaired) electrons. The minimum absolute atomic E-state index is 0. The fourth-order valence-corrected chi connectivity index (χ4v) is 0. The standard InChI is InChI=1S/2C2H6.C2H4.2CH4/c3*1-2;;/h2*1-2H3;1-2H2;2*1H4. The maximum atomic E-state index is 3.00. The van der Waals surface area contributed by atoms with Gasteiger partial charge in [-0.2, -0.15) is 0 Å². The predicted octanol–water partition coefficient (Wildman–Crippen LogP) is 4.13. The van der Waals surface area contributed by atoms with Crippen LogP contribution in [-0.4, -0.2) is 0 Å². The van der Waals surface area contributed by atoms with Crippen molar-refractivity contribution in [2.75, 3.05) is 0 Å². The molecule has 0 aliphatic carbocycles. The first kappa shape index (κ1) is 46.8. The Morgan fingerprint density at radius 3 is 0.625 bits per heavy atom. The van der Waals surface area contributed by atoms with E-state index in [1.54, 1.807) is 0 Å². The fourth-order valence-electron chi connectivity index (χ4n) is 0. The molecule has 0 aliphatic heterocycles. The molecule has 0 aliphatic rings. The van der Waals surface area contributed by atoms with Crippen LogP contribution in [0.15, 0.2) is 13.2 Å². The third-order valence-corrected chi connectivity index (χ3v) is 0. The van der Waals surface area contributed by atoms with Crippen LogP contribution in [0, 0.1) is 0 Å². The third kappa shape index (κ3) is 1910. The zero-order chi connectivity index (χ0) is 6.00. The Hall–Kier alpha value is -0.260. The Balaban J connectivity index is -0.00000000500. The SMILES string of the molecule is C.C.C=C.CC.CC. The van der Waals surface area contributed by atoms with E-state index in [0.29, 0.717) is 0 Å². The number of hydrogen-bond acceptors (Lipinski definition) is 0. The van der Waals surface area contributed by atoms with Gasteiger partial charge in [0.05, 0.1) is 0 Å². The van der Waals surface area contributed by atoms with Gasteiger partial charge in [-0.15, -0.1) is 13.2 Å². The van der Waals surface area contributed by atoms with Crippen molar-refractivity contribution in [1.29, 1.82) is 0 Å². The van der Waals surface area contributed by atoms with E-state index in [4.69, 9.17) is 0 Å². The van der Waals surface area contributed by atoms with Crippen LogP contribution >= 0.6 is 0 Å². The van der Waals surface area contributed by atoms with Gasteiger partial charge in [-0.05, 0) is 0 Å². The molecule has 0 spiro atoms. The van der Waals surface area contributed by atoms with Gasteiger partial charge < -0.3 is 0 Å². The molecule has 0 saturated carbocycles. The summed E-state index contributed by atoms with van der Waals surface area (Å²) in [5, 5.41) is 0. The summed E-state index contributed by atoms with van der Waals surface area (Å²) in [6.07, 6.45) is 0. The zero-order valence-corrected chi connectivity index (χ0v) is 5.41. The summed E-state index contributed by atoms with van der Waals surface area (Å²) in [6.45, 7) is 14.0. The van der Waals surface area contributed by atoms with E-state index in [1.165, 1.54) is 0 Å². The molecule has 0 aromatic heterocycles. The number of rotatable bonds is 0. The molecule has 0 aromatic carbocycles. The molecule has 0 saturated heterocycles. The summed E-state index contributed by atoms with van der Waals surface area (Å²) in [5.41, 5.74) is 0. The second-order valence-electron chi connectivity index (χ2n) is 0. The monoisotopic (exact) mass is 120 g/mol. The molecule has 0 amide bonds. The second-order valence-corrected chi connectivity index (χ2v) is 0. The van der Waals surface area contributed by atoms with E-state index in [9.17, 15) is 0 Å². The Morgan fingerprint density at radius 1 is 0.625 bits per heavy atom. The molecule has 56 valence electrons. The Kier molecular flexibility index (Phi) is 19200. The van der Waals surface area contributed by atoms with Crippen LogP contribution in [0.25, 0.3) is 0 Å². The molecule has 0 fully saturated rings. The van der Waals surface area contributed by atoms with Crippen LogP contribution in [0.5, 0.6) is 0 Å². The maximum absolute atomic E-state index is 3.00. The van der Waals surface area contributed by atoms with Crippen molar-refractivity contribution in [1.82, 2.24) is 0 Å². The van der Waals surface area contributed by atoms with Gasteiger partial charge in [-0.25, -0.2) is 0 Å². The van der Waals surface area contributed by atoms with Gasteiger partial charge in [0.15, 0.2) is 0 Å². The second kappa shape index (κ2) is 3290. The average Bonchev–Trinajstić information content (AvgIpc) is 1.81. The molecule has 0 aromatic rings. The lowest BCUT2D eigenvalue weighted by molar-refractivity contribution is 1.50. The highest BCUT2D eigenvalue weighted by molar-refractivity contribution is 4.22. The summed E-state index contributed by atoms with van der Waals surface area (Å²) < 4.78 is 0. The van der Waals surface area contributed by atoms with E-state index in [2.05, 4.69) is 13.2 Å². The largest absolute Gasteiger partial charge is 0.106 e. The van der Waals surface area contributed by atoms with Crippen molar-refractivity contribution in [2.45, 2.75) is 42.5 Å². The first-order valence-electron chi connectivity index (χ1n) is 2.50. The fraction of sp³-hybridized carbons (Fsp3) is 0.750. The van der Waals surface area contributed by atoms with Crippen LogP contribution in [-0.2, 0) is 0 Å². The van der Waals surface area contributed by atoms with Crippen molar-refractivity contribution in [3.63, 3.8) is 0 Å². The summed E-state index contributed by atoms with van der Waals surface area (Å²) in [5.74, 6) is 0. The summed E-state index contributed by atoms with van der Waals surface area (Å²) in [4.78, 5) is 0. The molecule has 0 heteroatoms. The van der Waals surface area contributed by atoms with Gasteiger partial charge in [0.2, 0.25) is 0 Å². The van der Waals surface area contributed by atoms with Crippen molar-refractivity contribution < 1.29 is 0 Å². The average molecular weight is 120 g/mol. The molecular weight excluding hydrogens is 96.1 g/mol. The van der Waals surface area contributed by atoms with E-state index < -0.39 is 0 Å². The quantitative estimate of drug-likeness (QED) is 0.422. The molecule has 0 N–H and O–H groups in total. The predicted molar refractivity (Wildman–Crippen MR) is 47.4 cm³/mol. The molecule has 0 nitrogen and oxygen atoms in total. The van der Waals surface area contributed by atoms with Crippen LogP contribution < -0.4 is 0 Å². The lowest BCUT2D eigenvalue weighted by Gasteiger charge is -1.07. The molecule has 0 bridgehead atoms. The smallest absolute Gasteiger partial charge is 0.0683 e. The van der Waals surface area contributed by atoms with Gasteiger partial charge in [-0.3, -0.25) is 0 Å². The molecular formula is C8H24. The van der Waals surface area contributed by atoms with Crippen molar-refractivity contribution >= 4 is 0 Å². The van der Waals surface area contributed by atoms with E-state index >= 15 is 0 Å². The lowest BCUT2D eigenvalue weighted by atomic mass is 11.0. The lowest BCUT2D eigenvalue weighted by Crippen LogP contribution is -0.856. The van der Waals surface area contributed by atoms with E-state index in [-0.39, 0.29) is 14.9 Å². The van der Waals surface area contributed by atoms with Gasteiger partial charge >= 0.3 is 0 Å². The first-order valence-corrected chi connectivity index (χ1v) is 2.50. The highest BCUT2D eigenvalue weighted by Crippen LogP contribution is 1.15. The molecule has 8 heavy (non-hydrogen) atoms. The first-order chi connectivity index (χ1) is 3.00. The Bertz CT molecular complexity index is 0. The van der Waals surface area contributed by atoms with Crippen LogP contribution in [0.2, 0.25) is 0 Å². The van der Waals surface area contributed by atoms with Gasteiger partial charge in [-0.1, -0.05) is 42.5 Å². The van der Waals surface area contributed by atoms with Crippen molar-refractivity contribution in [2.24, 2.45) is 0 Å². The molecule has 0 atom stereocenters. The van der Waals surface area contributed by atoms with Gasteiger partial charge in [0, 0.05) is 0 Å². The van der Waals surface area contributed by atoms with Crippen LogP contribution in [0.1, 0.15) is 42.5 Å². The van der Waals surface area contributed by atoms with Crippen LogP contribution in [0.3, 0.4) is 0 Å². The maximum Gasteiger partial charge on any atom is -0.0683 e. The van der Waals surface area contributed by atoms with Crippen molar-refractivity contribution in [3.05, 3.63) is 13.2 Å². The Labute approximate surface area is 56.6 Å². The van der Waals surface area contributed by atoms with Crippen molar-refractivity contribution in [3.8, 4) is 0 Å². The number of hydrogen-bond donors (Lipinski definition) is 0. The molecule has 0 rings (SSSR count). The Morgan fingerprint density at radius 2 is 0.625 bits per heavy atom. The topological polar surface area (TPSA) is 0 Å². The highest BCUT2D eigenvalue weighted by atomic mass is 13.0. The van der Waals surface area contributed by atoms with E-state index in [1.807, 2.05) is 27.7 Å². The summed E-state index contributed by atoms with van der Waals surface area (Å²) >= 11 is 0. The summed E-state index contributed by atoms with van der Waals surface area (Å²) in [7, 11) is 0.